The van der Waals surface area contributed by atoms with Crippen molar-refractivity contribution in [3.8, 4) is 0 Å². The van der Waals surface area contributed by atoms with Crippen LogP contribution in [0.15, 0.2) is 40.3 Å². The molecule has 0 bridgehead atoms. The van der Waals surface area contributed by atoms with Gasteiger partial charge in [-0.15, -0.1) is 0 Å². The first-order chi connectivity index (χ1) is 11.7. The molecule has 2 aromatic heterocycles. The van der Waals surface area contributed by atoms with Crippen molar-refractivity contribution in [2.24, 2.45) is 0 Å². The number of hydrogen-bond donors (Lipinski definition) is 2. The number of thioether (sulfide) groups is 1. The summed E-state index contributed by atoms with van der Waals surface area (Å²) in [5, 5.41) is -0.0304. The number of carbonyl (C=O) groups is 1. The molecule has 0 saturated heterocycles. The van der Waals surface area contributed by atoms with Crippen LogP contribution in [0.2, 0.25) is 5.02 Å². The molecule has 3 rings (SSSR count). The highest BCUT2D eigenvalue weighted by molar-refractivity contribution is 8.00. The molecule has 2 N–H and O–H groups in total. The molecule has 3 aromatic rings. The lowest BCUT2D eigenvalue weighted by molar-refractivity contribution is -0.137. The predicted octanol–water partition coefficient (Wildman–Crippen LogP) is 3.90. The van der Waals surface area contributed by atoms with Crippen LogP contribution in [0.5, 0.6) is 0 Å². The Balaban J connectivity index is 1.74. The van der Waals surface area contributed by atoms with Gasteiger partial charge in [0, 0.05) is 11.8 Å². The Morgan fingerprint density at radius 3 is 2.60 bits per heavy atom. The van der Waals surface area contributed by atoms with Crippen LogP contribution in [0.1, 0.15) is 15.9 Å². The maximum absolute atomic E-state index is 12.6. The zero-order valence-electron chi connectivity index (χ0n) is 12.3. The number of alkyl halides is 3. The lowest BCUT2D eigenvalue weighted by Gasteiger charge is -2.08. The first-order valence-electron chi connectivity index (χ1n) is 6.85. The van der Waals surface area contributed by atoms with E-state index in [4.69, 9.17) is 11.6 Å². The van der Waals surface area contributed by atoms with Crippen LogP contribution in [0.25, 0.3) is 11.0 Å². The van der Waals surface area contributed by atoms with Crippen LogP contribution < -0.4 is 5.69 Å². The fourth-order valence-corrected chi connectivity index (χ4v) is 3.20. The normalized spacial score (nSPS) is 11.8. The highest BCUT2D eigenvalue weighted by Crippen LogP contribution is 2.33. The van der Waals surface area contributed by atoms with Crippen LogP contribution in [0.4, 0.5) is 13.2 Å². The number of nitrogens with one attached hydrogen (secondary N) is 2. The van der Waals surface area contributed by atoms with E-state index in [1.165, 1.54) is 6.07 Å². The summed E-state index contributed by atoms with van der Waals surface area (Å²) in [6.45, 7) is 0. The Kier molecular flexibility index (Phi) is 4.61. The van der Waals surface area contributed by atoms with Crippen LogP contribution >= 0.6 is 23.4 Å². The summed E-state index contributed by atoms with van der Waals surface area (Å²) >= 11 is 6.75. The smallest absolute Gasteiger partial charge is 0.306 e. The van der Waals surface area contributed by atoms with Crippen molar-refractivity contribution in [1.29, 1.82) is 0 Å². The number of ketones is 1. The maximum Gasteiger partial charge on any atom is 0.417 e. The second kappa shape index (κ2) is 6.57. The average Bonchev–Trinajstić information content (AvgIpc) is 2.91. The number of imidazole rings is 1. The molecule has 130 valence electrons. The predicted molar refractivity (Wildman–Crippen MR) is 88.2 cm³/mol. The van der Waals surface area contributed by atoms with Crippen LogP contribution in [0, 0.1) is 0 Å². The topological polar surface area (TPSA) is 78.6 Å². The molecular weight excluding hydrogens is 379 g/mol. The van der Waals surface area contributed by atoms with Gasteiger partial charge in [-0.25, -0.2) is 9.78 Å². The van der Waals surface area contributed by atoms with Gasteiger partial charge >= 0.3 is 11.9 Å². The molecule has 0 radical (unpaired) electrons. The van der Waals surface area contributed by atoms with E-state index in [-0.39, 0.29) is 27.3 Å². The second-order valence-corrected chi connectivity index (χ2v) is 6.43. The number of H-pyrrole nitrogens is 2. The Labute approximate surface area is 147 Å². The fourth-order valence-electron chi connectivity index (χ4n) is 2.11. The van der Waals surface area contributed by atoms with E-state index in [9.17, 15) is 22.8 Å². The van der Waals surface area contributed by atoms with Gasteiger partial charge in [0.25, 0.3) is 0 Å². The van der Waals surface area contributed by atoms with Crippen molar-refractivity contribution < 1.29 is 18.0 Å². The van der Waals surface area contributed by atoms with Crippen molar-refractivity contribution in [2.45, 2.75) is 11.2 Å². The summed E-state index contributed by atoms with van der Waals surface area (Å²) in [6, 6.07) is 5.45. The number of aromatic nitrogens is 3. The number of rotatable bonds is 4. The molecule has 5 nitrogen and oxygen atoms in total. The van der Waals surface area contributed by atoms with Crippen molar-refractivity contribution in [3.63, 3.8) is 0 Å². The number of pyridine rings is 1. The second-order valence-electron chi connectivity index (χ2n) is 5.06. The van der Waals surface area contributed by atoms with Gasteiger partial charge in [-0.05, 0) is 24.3 Å². The van der Waals surface area contributed by atoms with E-state index in [0.29, 0.717) is 22.8 Å². The van der Waals surface area contributed by atoms with E-state index >= 15 is 0 Å². The number of hydrogen-bond acceptors (Lipinski definition) is 4. The van der Waals surface area contributed by atoms with Crippen LogP contribution in [-0.2, 0) is 6.18 Å². The van der Waals surface area contributed by atoms with Crippen molar-refractivity contribution in [3.05, 3.63) is 57.1 Å². The van der Waals surface area contributed by atoms with E-state index < -0.39 is 11.7 Å². The summed E-state index contributed by atoms with van der Waals surface area (Å²) in [7, 11) is 0. The van der Waals surface area contributed by atoms with Gasteiger partial charge in [0.15, 0.2) is 5.78 Å². The molecular formula is C15H9ClF3N3O2S. The standard InChI is InChI=1S/C15H9ClF3N3O2S/c16-9-4-8(15(17,18)19)5-20-13(9)25-6-12(23)7-1-2-10-11(3-7)22-14(24)21-10/h1-5H,6H2,(H2,21,22,24). The summed E-state index contributed by atoms with van der Waals surface area (Å²) in [5.41, 5.74) is 0.0937. The fraction of sp³-hybridized carbons (Fsp3) is 0.133. The van der Waals surface area contributed by atoms with E-state index in [2.05, 4.69) is 15.0 Å². The van der Waals surface area contributed by atoms with Crippen LogP contribution in [0.3, 0.4) is 0 Å². The molecule has 25 heavy (non-hydrogen) atoms. The molecule has 0 fully saturated rings. The molecule has 0 unspecified atom stereocenters. The van der Waals surface area contributed by atoms with Gasteiger partial charge in [0.1, 0.15) is 5.03 Å². The number of halogens is 4. The van der Waals surface area contributed by atoms with Crippen molar-refractivity contribution >= 4 is 40.2 Å². The minimum absolute atomic E-state index is 0.0573. The molecule has 0 aliphatic carbocycles. The summed E-state index contributed by atoms with van der Waals surface area (Å²) in [6.07, 6.45) is -3.85. The lowest BCUT2D eigenvalue weighted by Crippen LogP contribution is -2.06. The highest BCUT2D eigenvalue weighted by Gasteiger charge is 2.31. The third kappa shape index (κ3) is 3.88. The number of fused-ring (bicyclic) bond motifs is 1. The van der Waals surface area contributed by atoms with E-state index in [1.807, 2.05) is 0 Å². The number of aromatic amines is 2. The van der Waals surface area contributed by atoms with Gasteiger partial charge in [0.05, 0.1) is 27.4 Å². The average molecular weight is 388 g/mol. The summed E-state index contributed by atoms with van der Waals surface area (Å²) < 4.78 is 37.7. The Morgan fingerprint density at radius 1 is 1.20 bits per heavy atom. The number of benzene rings is 1. The third-order valence-corrected chi connectivity index (χ3v) is 4.72. The lowest BCUT2D eigenvalue weighted by atomic mass is 10.1. The first kappa shape index (κ1) is 17.6. The quantitative estimate of drug-likeness (QED) is 0.525. The Morgan fingerprint density at radius 2 is 1.92 bits per heavy atom. The summed E-state index contributed by atoms with van der Waals surface area (Å²) in [4.78, 5) is 32.2. The molecule has 0 aliphatic rings. The molecule has 0 aliphatic heterocycles. The summed E-state index contributed by atoms with van der Waals surface area (Å²) in [5.74, 6) is -0.329. The monoisotopic (exact) mass is 387 g/mol. The third-order valence-electron chi connectivity index (χ3n) is 3.31. The number of nitrogens with zero attached hydrogens (tertiary/aromatic N) is 1. The van der Waals surface area contributed by atoms with E-state index in [0.717, 1.165) is 17.8 Å². The first-order valence-corrected chi connectivity index (χ1v) is 8.21. The molecule has 1 aromatic carbocycles. The SMILES string of the molecule is O=C(CSc1ncc(C(F)(F)F)cc1Cl)c1ccc2[nH]c(=O)[nH]c2c1. The highest BCUT2D eigenvalue weighted by atomic mass is 35.5. The largest absolute Gasteiger partial charge is 0.417 e. The zero-order valence-corrected chi connectivity index (χ0v) is 13.9. The maximum atomic E-state index is 12.6. The van der Waals surface area contributed by atoms with Gasteiger partial charge in [-0.2, -0.15) is 13.2 Å². The van der Waals surface area contributed by atoms with Gasteiger partial charge in [0.2, 0.25) is 0 Å². The van der Waals surface area contributed by atoms with Gasteiger partial charge < -0.3 is 9.97 Å². The van der Waals surface area contributed by atoms with Gasteiger partial charge in [-0.1, -0.05) is 23.4 Å². The van der Waals surface area contributed by atoms with Crippen LogP contribution in [-0.4, -0.2) is 26.5 Å². The molecule has 0 saturated carbocycles. The minimum Gasteiger partial charge on any atom is -0.306 e. The van der Waals surface area contributed by atoms with Gasteiger partial charge in [-0.3, -0.25) is 4.79 Å². The van der Waals surface area contributed by atoms with Crippen molar-refractivity contribution in [2.75, 3.05) is 5.75 Å². The Bertz CT molecular complexity index is 1010. The molecule has 0 amide bonds. The number of Topliss-reactive ketones (excluding diaryl/α,β-unsaturated/α-hetero) is 1. The number of carbonyl (C=O) groups excluding carboxylic acids is 1. The zero-order chi connectivity index (χ0) is 18.2. The van der Waals surface area contributed by atoms with Crippen molar-refractivity contribution in [1.82, 2.24) is 15.0 Å². The minimum atomic E-state index is -4.53. The molecule has 2 heterocycles. The molecule has 0 spiro atoms. The Hall–Kier alpha value is -2.26. The van der Waals surface area contributed by atoms with E-state index in [1.54, 1.807) is 12.1 Å². The molecule has 0 atom stereocenters. The molecule has 10 heteroatoms.